The number of nitrogens with one attached hydrogen (secondary N) is 1. The maximum Gasteiger partial charge on any atom is 0.157 e. The monoisotopic (exact) mass is 271 g/mol. The molecule has 0 bridgehead atoms. The molecule has 2 saturated heterocycles. The molecule has 2 rings (SSSR count). The fourth-order valence-electron chi connectivity index (χ4n) is 2.13. The molecule has 0 amide bonds. The van der Waals surface area contributed by atoms with Gasteiger partial charge in [0.25, 0.3) is 0 Å². The summed E-state index contributed by atoms with van der Waals surface area (Å²) >= 11 is 1.87. The molecule has 1 N–H and O–H groups in total. The van der Waals surface area contributed by atoms with E-state index in [2.05, 4.69) is 29.1 Å². The molecular formula is C13H25N3OS. The van der Waals surface area contributed by atoms with Gasteiger partial charge in [-0.15, -0.1) is 0 Å². The third kappa shape index (κ3) is 4.14. The van der Waals surface area contributed by atoms with Crippen LogP contribution in [0.15, 0.2) is 4.99 Å². The molecule has 0 aliphatic carbocycles. The molecule has 0 aromatic rings. The predicted octanol–water partition coefficient (Wildman–Crippen LogP) is 1.57. The number of morpholine rings is 1. The van der Waals surface area contributed by atoms with Gasteiger partial charge in [-0.05, 0) is 19.8 Å². The Morgan fingerprint density at radius 3 is 2.89 bits per heavy atom. The van der Waals surface area contributed by atoms with Gasteiger partial charge in [0.15, 0.2) is 5.17 Å². The van der Waals surface area contributed by atoms with Gasteiger partial charge < -0.3 is 10.1 Å². The van der Waals surface area contributed by atoms with E-state index >= 15 is 0 Å². The number of hydrogen-bond acceptors (Lipinski definition) is 4. The van der Waals surface area contributed by atoms with Crippen LogP contribution in [0.5, 0.6) is 0 Å². The van der Waals surface area contributed by atoms with Crippen LogP contribution in [0.1, 0.15) is 26.7 Å². The average molecular weight is 271 g/mol. The number of ether oxygens (including phenoxy) is 1. The molecule has 2 aliphatic heterocycles. The van der Waals surface area contributed by atoms with Crippen LogP contribution in [0.4, 0.5) is 0 Å². The largest absolute Gasteiger partial charge is 0.379 e. The summed E-state index contributed by atoms with van der Waals surface area (Å²) in [6, 6.07) is 0. The molecule has 1 atom stereocenters. The normalized spacial score (nSPS) is 31.8. The molecule has 2 aliphatic rings. The minimum atomic E-state index is 0.258. The number of hydrogen-bond donors (Lipinski definition) is 1. The fraction of sp³-hybridized carbons (Fsp3) is 0.923. The fourth-order valence-corrected chi connectivity index (χ4v) is 3.37. The van der Waals surface area contributed by atoms with E-state index in [1.807, 2.05) is 11.8 Å². The molecule has 0 spiro atoms. The number of thioether (sulfide) groups is 1. The Labute approximate surface area is 115 Å². The second-order valence-electron chi connectivity index (χ2n) is 5.32. The van der Waals surface area contributed by atoms with Crippen molar-refractivity contribution in [2.45, 2.75) is 32.2 Å². The second-order valence-corrected chi connectivity index (χ2v) is 6.29. The summed E-state index contributed by atoms with van der Waals surface area (Å²) in [4.78, 5) is 7.13. The lowest BCUT2D eigenvalue weighted by Crippen LogP contribution is -2.39. The summed E-state index contributed by atoms with van der Waals surface area (Å²) in [7, 11) is 0. The Bertz CT molecular complexity index is 292. The van der Waals surface area contributed by atoms with Crippen LogP contribution in [0.25, 0.3) is 0 Å². The molecule has 0 radical (unpaired) electrons. The van der Waals surface area contributed by atoms with Gasteiger partial charge in [-0.25, -0.2) is 0 Å². The number of amidine groups is 1. The molecule has 0 aromatic heterocycles. The van der Waals surface area contributed by atoms with Gasteiger partial charge in [0, 0.05) is 37.5 Å². The highest BCUT2D eigenvalue weighted by molar-refractivity contribution is 8.14. The first kappa shape index (κ1) is 14.2. The van der Waals surface area contributed by atoms with E-state index in [1.54, 1.807) is 0 Å². The Balaban J connectivity index is 1.63. The lowest BCUT2D eigenvalue weighted by Gasteiger charge is -2.26. The summed E-state index contributed by atoms with van der Waals surface area (Å²) < 4.78 is 5.34. The SMILES string of the molecule is CCC1(C)CSC(=NCCCN2CCOCC2)N1. The van der Waals surface area contributed by atoms with Crippen LogP contribution in [0.3, 0.4) is 0 Å². The maximum absolute atomic E-state index is 5.34. The Kier molecular flexibility index (Phi) is 5.33. The smallest absolute Gasteiger partial charge is 0.157 e. The molecular weight excluding hydrogens is 246 g/mol. The molecule has 5 heteroatoms. The van der Waals surface area contributed by atoms with E-state index in [4.69, 9.17) is 4.74 Å². The molecule has 2 fully saturated rings. The molecule has 0 aromatic carbocycles. The third-order valence-corrected chi connectivity index (χ3v) is 4.99. The van der Waals surface area contributed by atoms with E-state index in [0.717, 1.165) is 63.2 Å². The lowest BCUT2D eigenvalue weighted by atomic mass is 10.0. The summed E-state index contributed by atoms with van der Waals surface area (Å²) in [5.41, 5.74) is 0.258. The van der Waals surface area contributed by atoms with Crippen molar-refractivity contribution >= 4 is 16.9 Å². The summed E-state index contributed by atoms with van der Waals surface area (Å²) in [6.45, 7) is 10.5. The van der Waals surface area contributed by atoms with E-state index in [0.29, 0.717) is 0 Å². The molecule has 104 valence electrons. The first-order valence-corrected chi connectivity index (χ1v) is 7.96. The lowest BCUT2D eigenvalue weighted by molar-refractivity contribution is 0.0377. The summed E-state index contributed by atoms with van der Waals surface area (Å²) in [6.07, 6.45) is 2.31. The topological polar surface area (TPSA) is 36.9 Å². The second kappa shape index (κ2) is 6.78. The van der Waals surface area contributed by atoms with Crippen molar-refractivity contribution in [3.05, 3.63) is 0 Å². The van der Waals surface area contributed by atoms with E-state index in [-0.39, 0.29) is 5.54 Å². The maximum atomic E-state index is 5.34. The highest BCUT2D eigenvalue weighted by Crippen LogP contribution is 2.25. The highest BCUT2D eigenvalue weighted by atomic mass is 32.2. The minimum absolute atomic E-state index is 0.258. The zero-order chi connectivity index (χ0) is 12.8. The van der Waals surface area contributed by atoms with Crippen LogP contribution >= 0.6 is 11.8 Å². The third-order valence-electron chi connectivity index (χ3n) is 3.71. The van der Waals surface area contributed by atoms with E-state index in [1.165, 1.54) is 0 Å². The molecule has 18 heavy (non-hydrogen) atoms. The van der Waals surface area contributed by atoms with Crippen LogP contribution in [0.2, 0.25) is 0 Å². The summed E-state index contributed by atoms with van der Waals surface area (Å²) in [5.74, 6) is 1.14. The number of aliphatic imine (C=N–C) groups is 1. The molecule has 2 heterocycles. The van der Waals surface area contributed by atoms with Crippen molar-refractivity contribution in [2.24, 2.45) is 4.99 Å². The number of nitrogens with zero attached hydrogens (tertiary/aromatic N) is 2. The average Bonchev–Trinajstić information content (AvgIpc) is 2.79. The van der Waals surface area contributed by atoms with Gasteiger partial charge in [0.05, 0.1) is 13.2 Å². The van der Waals surface area contributed by atoms with Crippen molar-refractivity contribution in [3.8, 4) is 0 Å². The Morgan fingerprint density at radius 1 is 1.44 bits per heavy atom. The van der Waals surface area contributed by atoms with Crippen molar-refractivity contribution in [3.63, 3.8) is 0 Å². The zero-order valence-electron chi connectivity index (χ0n) is 11.6. The van der Waals surface area contributed by atoms with Crippen molar-refractivity contribution in [1.82, 2.24) is 10.2 Å². The number of rotatable bonds is 5. The van der Waals surface area contributed by atoms with E-state index < -0.39 is 0 Å². The van der Waals surface area contributed by atoms with Gasteiger partial charge in [-0.3, -0.25) is 9.89 Å². The molecule has 0 saturated carbocycles. The van der Waals surface area contributed by atoms with E-state index in [9.17, 15) is 0 Å². The molecule has 4 nitrogen and oxygen atoms in total. The van der Waals surface area contributed by atoms with Crippen LogP contribution in [-0.4, -0.2) is 60.8 Å². The predicted molar refractivity (Wildman–Crippen MR) is 78.5 cm³/mol. The van der Waals surface area contributed by atoms with Gasteiger partial charge in [-0.2, -0.15) is 0 Å². The van der Waals surface area contributed by atoms with Gasteiger partial charge in [0.2, 0.25) is 0 Å². The quantitative estimate of drug-likeness (QED) is 0.770. The zero-order valence-corrected chi connectivity index (χ0v) is 12.4. The minimum Gasteiger partial charge on any atom is -0.379 e. The van der Waals surface area contributed by atoms with Crippen LogP contribution < -0.4 is 5.32 Å². The standard InChI is InChI=1S/C13H25N3OS/c1-3-13(2)11-18-12(15-13)14-5-4-6-16-7-9-17-10-8-16/h3-11H2,1-2H3,(H,14,15). The highest BCUT2D eigenvalue weighted by Gasteiger charge is 2.30. The van der Waals surface area contributed by atoms with Gasteiger partial charge in [-0.1, -0.05) is 18.7 Å². The van der Waals surface area contributed by atoms with Crippen LogP contribution in [-0.2, 0) is 4.74 Å². The Morgan fingerprint density at radius 2 is 2.22 bits per heavy atom. The van der Waals surface area contributed by atoms with Gasteiger partial charge in [0.1, 0.15) is 0 Å². The Hall–Kier alpha value is -0.260. The van der Waals surface area contributed by atoms with Gasteiger partial charge >= 0.3 is 0 Å². The van der Waals surface area contributed by atoms with Crippen molar-refractivity contribution < 1.29 is 4.74 Å². The summed E-state index contributed by atoms with van der Waals surface area (Å²) in [5, 5.41) is 4.67. The van der Waals surface area contributed by atoms with Crippen molar-refractivity contribution in [1.29, 1.82) is 0 Å². The molecule has 1 unspecified atom stereocenters. The van der Waals surface area contributed by atoms with Crippen molar-refractivity contribution in [2.75, 3.05) is 45.1 Å². The first-order chi connectivity index (χ1) is 8.72. The first-order valence-electron chi connectivity index (χ1n) is 6.97. The van der Waals surface area contributed by atoms with Crippen LogP contribution in [0, 0.1) is 0 Å².